The molecule has 2 aromatic rings. The van der Waals surface area contributed by atoms with Crippen LogP contribution in [-0.2, 0) is 15.7 Å². The van der Waals surface area contributed by atoms with Crippen molar-refractivity contribution < 1.29 is 18.1 Å². The SMILES string of the molecule is CC(C)(C)OC(=O)N1CCN(c2ncc(C(=N[S@@](=O)C(C)(C)C)c3ccc(F)cc3)cn2)CC1. The van der Waals surface area contributed by atoms with Crippen LogP contribution in [0.3, 0.4) is 0 Å². The molecule has 0 saturated carbocycles. The zero-order chi connectivity index (χ0) is 25.1. The highest BCUT2D eigenvalue weighted by molar-refractivity contribution is 7.85. The molecule has 0 unspecified atom stereocenters. The second kappa shape index (κ2) is 10.2. The van der Waals surface area contributed by atoms with Gasteiger partial charge in [0.2, 0.25) is 5.95 Å². The average molecular weight is 490 g/mol. The lowest BCUT2D eigenvalue weighted by Crippen LogP contribution is -2.50. The van der Waals surface area contributed by atoms with E-state index in [1.165, 1.54) is 12.1 Å². The third-order valence-corrected chi connectivity index (χ3v) is 6.34. The summed E-state index contributed by atoms with van der Waals surface area (Å²) in [4.78, 5) is 24.9. The van der Waals surface area contributed by atoms with Crippen LogP contribution < -0.4 is 4.90 Å². The van der Waals surface area contributed by atoms with Crippen molar-refractivity contribution in [2.24, 2.45) is 4.40 Å². The Morgan fingerprint density at radius 2 is 1.53 bits per heavy atom. The zero-order valence-electron chi connectivity index (χ0n) is 20.5. The van der Waals surface area contributed by atoms with E-state index >= 15 is 0 Å². The lowest BCUT2D eigenvalue weighted by atomic mass is 10.1. The van der Waals surface area contributed by atoms with Crippen molar-refractivity contribution in [2.45, 2.75) is 51.9 Å². The molecular formula is C24H32FN5O3S. The molecule has 1 fully saturated rings. The zero-order valence-corrected chi connectivity index (χ0v) is 21.4. The summed E-state index contributed by atoms with van der Waals surface area (Å²) >= 11 is 0. The molecule has 1 saturated heterocycles. The van der Waals surface area contributed by atoms with Gasteiger partial charge in [-0.3, -0.25) is 0 Å². The number of amides is 1. The van der Waals surface area contributed by atoms with Gasteiger partial charge in [0.25, 0.3) is 0 Å². The number of ether oxygens (including phenoxy) is 1. The van der Waals surface area contributed by atoms with Crippen LogP contribution in [0.5, 0.6) is 0 Å². The highest BCUT2D eigenvalue weighted by Gasteiger charge is 2.27. The van der Waals surface area contributed by atoms with Crippen molar-refractivity contribution in [3.63, 3.8) is 0 Å². The summed E-state index contributed by atoms with van der Waals surface area (Å²) in [6, 6.07) is 5.87. The number of anilines is 1. The summed E-state index contributed by atoms with van der Waals surface area (Å²) in [6.45, 7) is 13.2. The fourth-order valence-electron chi connectivity index (χ4n) is 3.12. The quantitative estimate of drug-likeness (QED) is 0.604. The van der Waals surface area contributed by atoms with Crippen molar-refractivity contribution in [2.75, 3.05) is 31.1 Å². The van der Waals surface area contributed by atoms with E-state index in [0.717, 1.165) is 0 Å². The first-order valence-electron chi connectivity index (χ1n) is 11.2. The van der Waals surface area contributed by atoms with Gasteiger partial charge in [-0.05, 0) is 65.8 Å². The molecule has 3 rings (SSSR count). The van der Waals surface area contributed by atoms with E-state index in [4.69, 9.17) is 4.74 Å². The van der Waals surface area contributed by atoms with Crippen LogP contribution in [0.25, 0.3) is 0 Å². The highest BCUT2D eigenvalue weighted by Crippen LogP contribution is 2.19. The van der Waals surface area contributed by atoms with E-state index < -0.39 is 21.3 Å². The minimum Gasteiger partial charge on any atom is -0.444 e. The Hall–Kier alpha value is -2.88. The Balaban J connectivity index is 1.77. The first-order valence-corrected chi connectivity index (χ1v) is 12.3. The average Bonchev–Trinajstić information content (AvgIpc) is 2.76. The summed E-state index contributed by atoms with van der Waals surface area (Å²) < 4.78 is 35.5. The van der Waals surface area contributed by atoms with Gasteiger partial charge < -0.3 is 14.5 Å². The Bertz CT molecular complexity index is 1050. The van der Waals surface area contributed by atoms with Crippen LogP contribution >= 0.6 is 0 Å². The Labute approximate surface area is 202 Å². The Morgan fingerprint density at radius 3 is 2.03 bits per heavy atom. The minimum atomic E-state index is -1.52. The van der Waals surface area contributed by atoms with Crippen LogP contribution in [0.4, 0.5) is 15.1 Å². The molecule has 1 aliphatic heterocycles. The molecule has 8 nitrogen and oxygen atoms in total. The maximum absolute atomic E-state index is 13.5. The van der Waals surface area contributed by atoms with Gasteiger partial charge in [-0.2, -0.15) is 4.40 Å². The predicted molar refractivity (Wildman–Crippen MR) is 132 cm³/mol. The molecule has 0 aliphatic carbocycles. The van der Waals surface area contributed by atoms with E-state index in [9.17, 15) is 13.4 Å². The van der Waals surface area contributed by atoms with Crippen molar-refractivity contribution in [1.29, 1.82) is 0 Å². The minimum absolute atomic E-state index is 0.324. The van der Waals surface area contributed by atoms with Crippen LogP contribution in [0.1, 0.15) is 52.7 Å². The third-order valence-electron chi connectivity index (χ3n) is 4.94. The third kappa shape index (κ3) is 6.82. The van der Waals surface area contributed by atoms with Gasteiger partial charge in [-0.25, -0.2) is 23.4 Å². The number of nitrogens with zero attached hydrogens (tertiary/aromatic N) is 5. The molecule has 0 bridgehead atoms. The van der Waals surface area contributed by atoms with E-state index in [-0.39, 0.29) is 11.9 Å². The Kier molecular flexibility index (Phi) is 7.70. The fraction of sp³-hybridized carbons (Fsp3) is 0.500. The number of piperazine rings is 1. The van der Waals surface area contributed by atoms with E-state index in [0.29, 0.717) is 49.0 Å². The van der Waals surface area contributed by atoms with Gasteiger partial charge in [0, 0.05) is 49.7 Å². The number of hydrogen-bond donors (Lipinski definition) is 0. The smallest absolute Gasteiger partial charge is 0.410 e. The normalized spacial score (nSPS) is 16.4. The lowest BCUT2D eigenvalue weighted by molar-refractivity contribution is 0.0240. The van der Waals surface area contributed by atoms with Crippen molar-refractivity contribution in [3.05, 3.63) is 53.6 Å². The van der Waals surface area contributed by atoms with E-state index in [1.807, 2.05) is 46.4 Å². The van der Waals surface area contributed by atoms with Gasteiger partial charge in [0.05, 0.1) is 10.5 Å². The molecule has 1 amide bonds. The summed E-state index contributed by atoms with van der Waals surface area (Å²) in [5, 5.41) is 0. The molecule has 1 aromatic carbocycles. The van der Waals surface area contributed by atoms with Gasteiger partial charge >= 0.3 is 6.09 Å². The number of hydrogen-bond acceptors (Lipinski definition) is 6. The first-order chi connectivity index (χ1) is 15.8. The number of carbonyl (C=O) groups excluding carboxylic acids is 1. The maximum atomic E-state index is 13.5. The molecule has 0 radical (unpaired) electrons. The molecule has 1 atom stereocenters. The second-order valence-electron chi connectivity index (χ2n) is 10.0. The van der Waals surface area contributed by atoms with Crippen molar-refractivity contribution in [3.8, 4) is 0 Å². The summed E-state index contributed by atoms with van der Waals surface area (Å²) in [7, 11) is -1.52. The molecule has 0 N–H and O–H groups in total. The summed E-state index contributed by atoms with van der Waals surface area (Å²) in [5.74, 6) is 0.167. The number of halogens is 1. The molecule has 34 heavy (non-hydrogen) atoms. The number of carbonyl (C=O) groups is 1. The molecule has 1 aromatic heterocycles. The Morgan fingerprint density at radius 1 is 0.971 bits per heavy atom. The molecule has 184 valence electrons. The van der Waals surface area contributed by atoms with Gasteiger partial charge in [0.15, 0.2) is 0 Å². The monoisotopic (exact) mass is 489 g/mol. The fourth-order valence-corrected chi connectivity index (χ4v) is 3.77. The highest BCUT2D eigenvalue weighted by atomic mass is 32.2. The van der Waals surface area contributed by atoms with Crippen LogP contribution in [0, 0.1) is 5.82 Å². The maximum Gasteiger partial charge on any atom is 0.410 e. The molecule has 2 heterocycles. The van der Waals surface area contributed by atoms with Gasteiger partial charge in [-0.15, -0.1) is 0 Å². The molecule has 1 aliphatic rings. The molecule has 0 spiro atoms. The standard InChI is InChI=1S/C24H32FN5O3S/c1-23(2,3)33-22(31)30-13-11-29(12-14-30)21-26-15-18(16-27-21)20(28-34(32)24(4,5)6)17-7-9-19(25)10-8-17/h7-10,15-16H,11-14H2,1-6H3/t34-/m0/s1. The largest absolute Gasteiger partial charge is 0.444 e. The van der Waals surface area contributed by atoms with Crippen molar-refractivity contribution in [1.82, 2.24) is 14.9 Å². The van der Waals surface area contributed by atoms with Gasteiger partial charge in [-0.1, -0.05) is 0 Å². The van der Waals surface area contributed by atoms with E-state index in [2.05, 4.69) is 14.4 Å². The topological polar surface area (TPSA) is 88.0 Å². The molecular weight excluding hydrogens is 457 g/mol. The van der Waals surface area contributed by atoms with E-state index in [1.54, 1.807) is 29.4 Å². The van der Waals surface area contributed by atoms with Crippen LogP contribution in [-0.4, -0.2) is 67.4 Å². The lowest BCUT2D eigenvalue weighted by Gasteiger charge is -2.35. The number of benzene rings is 1. The van der Waals surface area contributed by atoms with Crippen LogP contribution in [0.15, 0.2) is 41.1 Å². The molecule has 10 heteroatoms. The van der Waals surface area contributed by atoms with Crippen LogP contribution in [0.2, 0.25) is 0 Å². The number of aromatic nitrogens is 2. The number of rotatable bonds is 4. The second-order valence-corrected chi connectivity index (χ2v) is 11.9. The first kappa shape index (κ1) is 25.7. The van der Waals surface area contributed by atoms with Crippen molar-refractivity contribution >= 4 is 28.7 Å². The summed E-state index contributed by atoms with van der Waals surface area (Å²) in [5.41, 5.74) is 1.12. The summed E-state index contributed by atoms with van der Waals surface area (Å²) in [6.07, 6.45) is 2.94. The predicted octanol–water partition coefficient (Wildman–Crippen LogP) is 3.97. The van der Waals surface area contributed by atoms with Gasteiger partial charge in [0.1, 0.15) is 22.4 Å².